The quantitative estimate of drug-likeness (QED) is 0.792. The van der Waals surface area contributed by atoms with Crippen molar-refractivity contribution >= 4 is 29.1 Å². The Morgan fingerprint density at radius 2 is 2.16 bits per heavy atom. The maximum absolute atomic E-state index is 12.3. The zero-order chi connectivity index (χ0) is 17.8. The largest absolute Gasteiger partial charge is 0.482 e. The van der Waals surface area contributed by atoms with Gasteiger partial charge in [-0.3, -0.25) is 4.79 Å². The van der Waals surface area contributed by atoms with E-state index in [4.69, 9.17) is 32.7 Å². The average Bonchev–Trinajstić information content (AvgIpc) is 3.02. The third-order valence-electron chi connectivity index (χ3n) is 3.89. The first-order valence-corrected chi connectivity index (χ1v) is 8.73. The van der Waals surface area contributed by atoms with Crippen molar-refractivity contribution < 1.29 is 14.3 Å². The fourth-order valence-corrected chi connectivity index (χ4v) is 3.09. The molecule has 0 N–H and O–H groups in total. The highest BCUT2D eigenvalue weighted by atomic mass is 35.5. The van der Waals surface area contributed by atoms with Gasteiger partial charge in [0.2, 0.25) is 5.88 Å². The molecule has 3 rings (SSSR count). The molecule has 1 atom stereocenters. The number of benzene rings is 1. The molecule has 132 valence electrons. The molecular weight excluding hydrogens is 363 g/mol. The number of hydrogen-bond acceptors (Lipinski definition) is 4. The lowest BCUT2D eigenvalue weighted by atomic mass is 10.3. The first kappa shape index (κ1) is 17.8. The van der Waals surface area contributed by atoms with Crippen LogP contribution in [-0.4, -0.2) is 41.6 Å². The minimum absolute atomic E-state index is 0.0580. The normalized spacial score (nSPS) is 16.8. The molecule has 0 radical (unpaired) electrons. The van der Waals surface area contributed by atoms with E-state index in [0.29, 0.717) is 34.8 Å². The Kier molecular flexibility index (Phi) is 5.66. The Morgan fingerprint density at radius 3 is 2.92 bits per heavy atom. The molecule has 2 aromatic rings. The third-order valence-corrected chi connectivity index (χ3v) is 4.42. The van der Waals surface area contributed by atoms with Crippen molar-refractivity contribution in [3.8, 4) is 11.6 Å². The van der Waals surface area contributed by atoms with Gasteiger partial charge in [-0.2, -0.15) is 0 Å². The molecule has 7 heteroatoms. The minimum Gasteiger partial charge on any atom is -0.482 e. The molecule has 1 amide bonds. The van der Waals surface area contributed by atoms with Crippen molar-refractivity contribution in [2.24, 2.45) is 0 Å². The van der Waals surface area contributed by atoms with Crippen molar-refractivity contribution in [2.75, 3.05) is 19.7 Å². The smallest absolute Gasteiger partial charge is 0.260 e. The molecule has 1 fully saturated rings. The van der Waals surface area contributed by atoms with Crippen molar-refractivity contribution in [1.29, 1.82) is 0 Å². The van der Waals surface area contributed by atoms with E-state index in [1.807, 2.05) is 25.1 Å². The van der Waals surface area contributed by atoms with E-state index in [2.05, 4.69) is 4.98 Å². The number of aryl methyl sites for hydroxylation is 1. The third kappa shape index (κ3) is 4.77. The molecule has 1 saturated heterocycles. The standard InChI is InChI=1S/C18H18Cl2N2O3/c1-12-3-2-4-17(21-12)25-14-7-8-22(10-14)18(23)11-24-16-6-5-13(19)9-15(16)20/h2-6,9,14H,7-8,10-11H2,1H3. The molecular formula is C18H18Cl2N2O3. The van der Waals surface area contributed by atoms with E-state index in [9.17, 15) is 4.79 Å². The molecule has 0 spiro atoms. The zero-order valence-electron chi connectivity index (χ0n) is 13.7. The first-order valence-electron chi connectivity index (χ1n) is 7.97. The van der Waals surface area contributed by atoms with Gasteiger partial charge in [-0.25, -0.2) is 4.98 Å². The highest BCUT2D eigenvalue weighted by Crippen LogP contribution is 2.27. The van der Waals surface area contributed by atoms with Crippen LogP contribution in [0.4, 0.5) is 0 Å². The molecule has 1 aromatic heterocycles. The maximum atomic E-state index is 12.3. The van der Waals surface area contributed by atoms with Crippen LogP contribution < -0.4 is 9.47 Å². The fourth-order valence-electron chi connectivity index (χ4n) is 2.63. The Balaban J connectivity index is 1.50. The molecule has 1 unspecified atom stereocenters. The Morgan fingerprint density at radius 1 is 1.32 bits per heavy atom. The second kappa shape index (κ2) is 7.93. The minimum atomic E-state index is -0.102. The second-order valence-corrected chi connectivity index (χ2v) is 6.69. The topological polar surface area (TPSA) is 51.7 Å². The van der Waals surface area contributed by atoms with E-state index in [1.54, 1.807) is 23.1 Å². The van der Waals surface area contributed by atoms with Gasteiger partial charge >= 0.3 is 0 Å². The number of pyridine rings is 1. The summed E-state index contributed by atoms with van der Waals surface area (Å²) in [6.07, 6.45) is 0.709. The molecule has 0 aliphatic carbocycles. The molecule has 0 saturated carbocycles. The van der Waals surface area contributed by atoms with Crippen LogP contribution in [0.2, 0.25) is 10.0 Å². The van der Waals surface area contributed by atoms with Crippen LogP contribution in [0, 0.1) is 6.92 Å². The van der Waals surface area contributed by atoms with Gasteiger partial charge in [0.15, 0.2) is 6.61 Å². The summed E-state index contributed by atoms with van der Waals surface area (Å²) in [7, 11) is 0. The Hall–Kier alpha value is -1.98. The summed E-state index contributed by atoms with van der Waals surface area (Å²) in [5.41, 5.74) is 0.900. The van der Waals surface area contributed by atoms with Gasteiger partial charge in [0, 0.05) is 29.7 Å². The predicted octanol–water partition coefficient (Wildman–Crippen LogP) is 3.76. The van der Waals surface area contributed by atoms with Crippen molar-refractivity contribution in [1.82, 2.24) is 9.88 Å². The summed E-state index contributed by atoms with van der Waals surface area (Å²) in [6.45, 7) is 2.99. The van der Waals surface area contributed by atoms with E-state index in [0.717, 1.165) is 12.1 Å². The lowest BCUT2D eigenvalue weighted by Crippen LogP contribution is -2.34. The number of amides is 1. The summed E-state index contributed by atoms with van der Waals surface area (Å²) in [4.78, 5) is 18.4. The highest BCUT2D eigenvalue weighted by molar-refractivity contribution is 6.35. The van der Waals surface area contributed by atoms with Gasteiger partial charge in [0.05, 0.1) is 11.6 Å². The van der Waals surface area contributed by atoms with Gasteiger partial charge in [0.25, 0.3) is 5.91 Å². The van der Waals surface area contributed by atoms with Crippen LogP contribution in [0.15, 0.2) is 36.4 Å². The maximum Gasteiger partial charge on any atom is 0.260 e. The summed E-state index contributed by atoms with van der Waals surface area (Å²) in [5, 5.41) is 0.904. The lowest BCUT2D eigenvalue weighted by molar-refractivity contribution is -0.132. The van der Waals surface area contributed by atoms with Crippen molar-refractivity contribution in [3.05, 3.63) is 52.1 Å². The number of carbonyl (C=O) groups excluding carboxylic acids is 1. The Labute approximate surface area is 156 Å². The average molecular weight is 381 g/mol. The Bertz CT molecular complexity index is 770. The number of carbonyl (C=O) groups is 1. The molecule has 2 heterocycles. The molecule has 1 aliphatic heterocycles. The molecule has 25 heavy (non-hydrogen) atoms. The second-order valence-electron chi connectivity index (χ2n) is 5.85. The van der Waals surface area contributed by atoms with Crippen LogP contribution in [-0.2, 0) is 4.79 Å². The molecule has 1 aromatic carbocycles. The lowest BCUT2D eigenvalue weighted by Gasteiger charge is -2.17. The van der Waals surface area contributed by atoms with Gasteiger partial charge in [0.1, 0.15) is 11.9 Å². The number of rotatable bonds is 5. The summed E-state index contributed by atoms with van der Waals surface area (Å²) >= 11 is 11.9. The van der Waals surface area contributed by atoms with Crippen LogP contribution >= 0.6 is 23.2 Å². The fraction of sp³-hybridized carbons (Fsp3) is 0.333. The van der Waals surface area contributed by atoms with Crippen molar-refractivity contribution in [3.63, 3.8) is 0 Å². The van der Waals surface area contributed by atoms with Gasteiger partial charge in [-0.15, -0.1) is 0 Å². The van der Waals surface area contributed by atoms with Gasteiger partial charge < -0.3 is 14.4 Å². The number of nitrogens with zero attached hydrogens (tertiary/aromatic N) is 2. The summed E-state index contributed by atoms with van der Waals surface area (Å²) in [5.74, 6) is 0.924. The van der Waals surface area contributed by atoms with E-state index < -0.39 is 0 Å². The van der Waals surface area contributed by atoms with E-state index in [1.165, 1.54) is 0 Å². The van der Waals surface area contributed by atoms with Crippen LogP contribution in [0.1, 0.15) is 12.1 Å². The molecule has 5 nitrogen and oxygen atoms in total. The summed E-state index contributed by atoms with van der Waals surface area (Å²) < 4.78 is 11.4. The predicted molar refractivity (Wildman–Crippen MR) is 96.5 cm³/mol. The van der Waals surface area contributed by atoms with E-state index in [-0.39, 0.29) is 18.6 Å². The zero-order valence-corrected chi connectivity index (χ0v) is 15.3. The number of hydrogen-bond donors (Lipinski definition) is 0. The van der Waals surface area contributed by atoms with Gasteiger partial charge in [-0.1, -0.05) is 29.3 Å². The van der Waals surface area contributed by atoms with Gasteiger partial charge in [-0.05, 0) is 31.2 Å². The SMILES string of the molecule is Cc1cccc(OC2CCN(C(=O)COc3ccc(Cl)cc3Cl)C2)n1. The number of halogens is 2. The monoisotopic (exact) mass is 380 g/mol. The highest BCUT2D eigenvalue weighted by Gasteiger charge is 2.28. The van der Waals surface area contributed by atoms with Crippen LogP contribution in [0.5, 0.6) is 11.6 Å². The number of aromatic nitrogens is 1. The van der Waals surface area contributed by atoms with Crippen LogP contribution in [0.25, 0.3) is 0 Å². The molecule has 1 aliphatic rings. The van der Waals surface area contributed by atoms with E-state index >= 15 is 0 Å². The molecule has 0 bridgehead atoms. The number of ether oxygens (including phenoxy) is 2. The van der Waals surface area contributed by atoms with Crippen molar-refractivity contribution in [2.45, 2.75) is 19.4 Å². The first-order chi connectivity index (χ1) is 12.0. The van der Waals surface area contributed by atoms with Crippen LogP contribution in [0.3, 0.4) is 0 Å². The number of likely N-dealkylation sites (tertiary alicyclic amines) is 1. The summed E-state index contributed by atoms with van der Waals surface area (Å²) in [6, 6.07) is 10.5.